The maximum atomic E-state index is 14.6. The van der Waals surface area contributed by atoms with E-state index < -0.39 is 5.60 Å². The van der Waals surface area contributed by atoms with Crippen molar-refractivity contribution in [2.75, 3.05) is 19.0 Å². The zero-order valence-corrected chi connectivity index (χ0v) is 15.1. The Morgan fingerprint density at radius 2 is 2.04 bits per heavy atom. The SMILES string of the molecule is Cc1ccc([C@H]2C[C@](O)(c3cccc(N(C)C)c3)c3cncn32)c(F)c1. The number of rotatable bonds is 3. The van der Waals surface area contributed by atoms with Crippen molar-refractivity contribution in [1.82, 2.24) is 9.55 Å². The molecule has 0 spiro atoms. The number of aromatic nitrogens is 2. The summed E-state index contributed by atoms with van der Waals surface area (Å²) >= 11 is 0. The van der Waals surface area contributed by atoms with Gasteiger partial charge in [-0.3, -0.25) is 0 Å². The van der Waals surface area contributed by atoms with Gasteiger partial charge in [0.05, 0.1) is 24.3 Å². The summed E-state index contributed by atoms with van der Waals surface area (Å²) < 4.78 is 16.5. The van der Waals surface area contributed by atoms with Gasteiger partial charge in [0, 0.05) is 31.8 Å². The minimum Gasteiger partial charge on any atom is -0.379 e. The molecule has 5 heteroatoms. The Bertz CT molecular complexity index is 965. The molecule has 1 N–H and O–H groups in total. The lowest BCUT2D eigenvalue weighted by molar-refractivity contribution is 0.0793. The van der Waals surface area contributed by atoms with Gasteiger partial charge in [-0.2, -0.15) is 0 Å². The minimum absolute atomic E-state index is 0.249. The van der Waals surface area contributed by atoms with E-state index in [0.29, 0.717) is 17.7 Å². The van der Waals surface area contributed by atoms with Crippen molar-refractivity contribution >= 4 is 5.69 Å². The molecule has 0 aliphatic carbocycles. The van der Waals surface area contributed by atoms with E-state index in [1.165, 1.54) is 6.07 Å². The summed E-state index contributed by atoms with van der Waals surface area (Å²) in [6.07, 6.45) is 3.73. The van der Waals surface area contributed by atoms with Gasteiger partial charge in [-0.1, -0.05) is 24.3 Å². The Balaban J connectivity index is 1.82. The second-order valence-corrected chi connectivity index (χ2v) is 7.24. The maximum Gasteiger partial charge on any atom is 0.133 e. The van der Waals surface area contributed by atoms with E-state index in [9.17, 15) is 9.50 Å². The van der Waals surface area contributed by atoms with Crippen LogP contribution in [-0.2, 0) is 5.60 Å². The van der Waals surface area contributed by atoms with Crippen LogP contribution in [0.1, 0.15) is 34.8 Å². The van der Waals surface area contributed by atoms with Crippen molar-refractivity contribution in [2.24, 2.45) is 0 Å². The molecule has 1 aliphatic heterocycles. The van der Waals surface area contributed by atoms with Crippen molar-refractivity contribution in [3.63, 3.8) is 0 Å². The number of halogens is 1. The zero-order valence-electron chi connectivity index (χ0n) is 15.1. The van der Waals surface area contributed by atoms with Gasteiger partial charge < -0.3 is 14.6 Å². The van der Waals surface area contributed by atoms with E-state index in [-0.39, 0.29) is 11.9 Å². The summed E-state index contributed by atoms with van der Waals surface area (Å²) in [6.45, 7) is 1.87. The fourth-order valence-electron chi connectivity index (χ4n) is 3.83. The first-order valence-corrected chi connectivity index (χ1v) is 8.69. The number of fused-ring (bicyclic) bond motifs is 1. The van der Waals surface area contributed by atoms with E-state index in [1.807, 2.05) is 60.8 Å². The number of imidazole rings is 1. The highest BCUT2D eigenvalue weighted by molar-refractivity contribution is 5.51. The van der Waals surface area contributed by atoms with Crippen molar-refractivity contribution in [1.29, 1.82) is 0 Å². The summed E-state index contributed by atoms with van der Waals surface area (Å²) in [5.41, 5.74) is 2.74. The second kappa shape index (κ2) is 5.95. The molecule has 26 heavy (non-hydrogen) atoms. The van der Waals surface area contributed by atoms with Crippen molar-refractivity contribution in [2.45, 2.75) is 25.0 Å². The summed E-state index contributed by atoms with van der Waals surface area (Å²) in [5.74, 6) is -0.249. The number of hydrogen-bond donors (Lipinski definition) is 1. The molecule has 0 unspecified atom stereocenters. The Morgan fingerprint density at radius 3 is 2.77 bits per heavy atom. The highest BCUT2D eigenvalue weighted by atomic mass is 19.1. The Hall–Kier alpha value is -2.66. The van der Waals surface area contributed by atoms with E-state index >= 15 is 0 Å². The van der Waals surface area contributed by atoms with Gasteiger partial charge in [0.25, 0.3) is 0 Å². The van der Waals surface area contributed by atoms with Crippen LogP contribution in [0.25, 0.3) is 0 Å². The molecular formula is C21H22FN3O. The molecule has 2 aromatic carbocycles. The van der Waals surface area contributed by atoms with Gasteiger partial charge in [0.15, 0.2) is 0 Å². The normalized spacial score (nSPS) is 21.7. The molecular weight excluding hydrogens is 329 g/mol. The molecule has 0 radical (unpaired) electrons. The van der Waals surface area contributed by atoms with Gasteiger partial charge in [0.2, 0.25) is 0 Å². The molecule has 2 heterocycles. The monoisotopic (exact) mass is 351 g/mol. The summed E-state index contributed by atoms with van der Waals surface area (Å²) in [4.78, 5) is 6.21. The molecule has 0 fully saturated rings. The number of aryl methyl sites for hydroxylation is 1. The fourth-order valence-corrected chi connectivity index (χ4v) is 3.83. The zero-order chi connectivity index (χ0) is 18.5. The van der Waals surface area contributed by atoms with E-state index in [4.69, 9.17) is 0 Å². The van der Waals surface area contributed by atoms with Gasteiger partial charge in [0.1, 0.15) is 11.4 Å². The molecule has 0 amide bonds. The van der Waals surface area contributed by atoms with Crippen molar-refractivity contribution in [3.8, 4) is 0 Å². The number of aliphatic hydroxyl groups is 1. The summed E-state index contributed by atoms with van der Waals surface area (Å²) in [7, 11) is 3.93. The van der Waals surface area contributed by atoms with E-state index in [0.717, 1.165) is 16.8 Å². The largest absolute Gasteiger partial charge is 0.379 e. The number of hydrogen-bond acceptors (Lipinski definition) is 3. The van der Waals surface area contributed by atoms with Crippen LogP contribution >= 0.6 is 0 Å². The molecule has 3 aromatic rings. The number of anilines is 1. The predicted molar refractivity (Wildman–Crippen MR) is 99.9 cm³/mol. The predicted octanol–water partition coefficient (Wildman–Crippen LogP) is 3.63. The van der Waals surface area contributed by atoms with Crippen LogP contribution < -0.4 is 4.90 Å². The van der Waals surface area contributed by atoms with E-state index in [1.54, 1.807) is 18.6 Å². The Morgan fingerprint density at radius 1 is 1.23 bits per heavy atom. The van der Waals surface area contributed by atoms with E-state index in [2.05, 4.69) is 4.98 Å². The molecule has 134 valence electrons. The summed E-state index contributed by atoms with van der Waals surface area (Å²) in [5, 5.41) is 11.6. The first-order valence-electron chi connectivity index (χ1n) is 8.69. The van der Waals surface area contributed by atoms with Crippen molar-refractivity contribution < 1.29 is 9.50 Å². The maximum absolute atomic E-state index is 14.6. The van der Waals surface area contributed by atoms with Gasteiger partial charge in [-0.05, 0) is 36.2 Å². The second-order valence-electron chi connectivity index (χ2n) is 7.24. The van der Waals surface area contributed by atoms with Crippen LogP contribution in [-0.4, -0.2) is 28.8 Å². The molecule has 0 bridgehead atoms. The highest BCUT2D eigenvalue weighted by Crippen LogP contribution is 2.47. The third-order valence-electron chi connectivity index (χ3n) is 5.27. The smallest absolute Gasteiger partial charge is 0.133 e. The lowest BCUT2D eigenvalue weighted by Gasteiger charge is -2.25. The first kappa shape index (κ1) is 16.8. The lowest BCUT2D eigenvalue weighted by atomic mass is 9.86. The summed E-state index contributed by atoms with van der Waals surface area (Å²) in [6, 6.07) is 12.8. The standard InChI is InChI=1S/C21H22FN3O/c1-14-7-8-17(18(22)9-14)19-11-21(26,20-12-23-13-25(19)20)15-5-4-6-16(10-15)24(2)3/h4-10,12-13,19,26H,11H2,1-3H3/t19-,21+/m1/s1. The molecule has 1 aliphatic rings. The van der Waals surface area contributed by atoms with Crippen LogP contribution in [0.15, 0.2) is 55.0 Å². The first-order chi connectivity index (χ1) is 12.4. The van der Waals surface area contributed by atoms with Crippen molar-refractivity contribution in [3.05, 3.63) is 83.2 Å². The van der Waals surface area contributed by atoms with Crippen LogP contribution in [0.5, 0.6) is 0 Å². The average molecular weight is 351 g/mol. The Labute approximate surface area is 152 Å². The molecule has 1 aromatic heterocycles. The molecule has 4 nitrogen and oxygen atoms in total. The van der Waals surface area contributed by atoms with Crippen LogP contribution in [0, 0.1) is 12.7 Å². The van der Waals surface area contributed by atoms with Crippen LogP contribution in [0.4, 0.5) is 10.1 Å². The topological polar surface area (TPSA) is 41.3 Å². The third kappa shape index (κ3) is 2.51. The molecule has 0 saturated heterocycles. The van der Waals surface area contributed by atoms with Crippen LogP contribution in [0.2, 0.25) is 0 Å². The minimum atomic E-state index is -1.20. The fraction of sp³-hybridized carbons (Fsp3) is 0.286. The highest BCUT2D eigenvalue weighted by Gasteiger charge is 2.45. The molecule has 2 atom stereocenters. The molecule has 4 rings (SSSR count). The average Bonchev–Trinajstić information content (AvgIpc) is 3.19. The van der Waals surface area contributed by atoms with Crippen LogP contribution in [0.3, 0.4) is 0 Å². The number of nitrogens with zero attached hydrogens (tertiary/aromatic N) is 3. The third-order valence-corrected chi connectivity index (χ3v) is 5.27. The quantitative estimate of drug-likeness (QED) is 0.783. The Kier molecular flexibility index (Phi) is 3.84. The molecule has 0 saturated carbocycles. The van der Waals surface area contributed by atoms with Gasteiger partial charge >= 0.3 is 0 Å². The van der Waals surface area contributed by atoms with Gasteiger partial charge in [-0.25, -0.2) is 9.37 Å². The number of benzene rings is 2. The lowest BCUT2D eigenvalue weighted by Crippen LogP contribution is -2.25. The van der Waals surface area contributed by atoms with Gasteiger partial charge in [-0.15, -0.1) is 0 Å².